The molecule has 2 rings (SSSR count). The highest BCUT2D eigenvalue weighted by Gasteiger charge is 2.09. The number of rotatable bonds is 6. The molecule has 0 atom stereocenters. The number of carbonyl (C=O) groups excluding carboxylic acids is 1. The zero-order valence-electron chi connectivity index (χ0n) is 12.3. The molecule has 0 aliphatic heterocycles. The molecule has 0 bridgehead atoms. The second kappa shape index (κ2) is 6.30. The van der Waals surface area contributed by atoms with Crippen molar-refractivity contribution in [3.63, 3.8) is 0 Å². The first-order valence-electron chi connectivity index (χ1n) is 6.95. The number of nitrogens with one attached hydrogen (secondary N) is 1. The molecule has 1 aromatic heterocycles. The third-order valence-corrected chi connectivity index (χ3v) is 4.17. The number of nitrogens with zero attached hydrogens (tertiary/aromatic N) is 1. The number of anilines is 1. The summed E-state index contributed by atoms with van der Waals surface area (Å²) in [4.78, 5) is 11.8. The Balaban J connectivity index is 2.11. The van der Waals surface area contributed by atoms with E-state index >= 15 is 0 Å². The lowest BCUT2D eigenvalue weighted by Gasteiger charge is -2.07. The zero-order chi connectivity index (χ0) is 15.5. The first-order chi connectivity index (χ1) is 9.89. The van der Waals surface area contributed by atoms with Crippen LogP contribution in [0.4, 0.5) is 5.69 Å². The van der Waals surface area contributed by atoms with Crippen LogP contribution in [0.5, 0.6) is 0 Å². The molecule has 0 fully saturated rings. The maximum Gasteiger partial charge on any atom is 0.225 e. The highest BCUT2D eigenvalue weighted by Crippen LogP contribution is 2.21. The quantitative estimate of drug-likeness (QED) is 0.891. The summed E-state index contributed by atoms with van der Waals surface area (Å²) in [6.07, 6.45) is 4.18. The lowest BCUT2D eigenvalue weighted by Crippen LogP contribution is -2.16. The Bertz CT molecular complexity index is 747. The Hall–Kier alpha value is -1.82. The summed E-state index contributed by atoms with van der Waals surface area (Å²) in [5, 5.41) is 3.87. The Morgan fingerprint density at radius 3 is 2.71 bits per heavy atom. The van der Waals surface area contributed by atoms with Crippen molar-refractivity contribution < 1.29 is 13.2 Å². The van der Waals surface area contributed by atoms with Gasteiger partial charge >= 0.3 is 0 Å². The average Bonchev–Trinajstić information content (AvgIpc) is 2.79. The zero-order valence-corrected chi connectivity index (χ0v) is 13.1. The fourth-order valence-corrected chi connectivity index (χ4v) is 2.76. The van der Waals surface area contributed by atoms with E-state index in [1.165, 1.54) is 0 Å². The van der Waals surface area contributed by atoms with Crippen LogP contribution in [0.3, 0.4) is 0 Å². The summed E-state index contributed by atoms with van der Waals surface area (Å²) in [5.41, 5.74) is 1.76. The number of amides is 1. The van der Waals surface area contributed by atoms with Gasteiger partial charge in [0.2, 0.25) is 5.91 Å². The Morgan fingerprint density at radius 2 is 2.05 bits per heavy atom. The summed E-state index contributed by atoms with van der Waals surface area (Å²) in [5.74, 6) is -0.416. The molecule has 114 valence electrons. The topological polar surface area (TPSA) is 68.2 Å². The molecule has 0 aliphatic rings. The first-order valence-corrected chi connectivity index (χ1v) is 9.01. The van der Waals surface area contributed by atoms with Crippen molar-refractivity contribution in [1.82, 2.24) is 4.57 Å². The molecule has 0 spiro atoms. The van der Waals surface area contributed by atoms with Gasteiger partial charge in [0, 0.05) is 31.1 Å². The van der Waals surface area contributed by atoms with Crippen molar-refractivity contribution in [2.75, 3.05) is 17.3 Å². The van der Waals surface area contributed by atoms with Gasteiger partial charge in [-0.25, -0.2) is 8.42 Å². The van der Waals surface area contributed by atoms with Crippen LogP contribution >= 0.6 is 0 Å². The molecule has 0 aliphatic carbocycles. The summed E-state index contributed by atoms with van der Waals surface area (Å²) in [7, 11) is -3.12. The predicted molar refractivity (Wildman–Crippen MR) is 85.2 cm³/mol. The molecular weight excluding hydrogens is 288 g/mol. The van der Waals surface area contributed by atoms with Crippen LogP contribution in [0, 0.1) is 0 Å². The molecule has 1 aromatic carbocycles. The predicted octanol–water partition coefficient (Wildman–Crippen LogP) is 2.42. The molecule has 2 aromatic rings. The van der Waals surface area contributed by atoms with Crippen LogP contribution in [0.25, 0.3) is 10.9 Å². The summed E-state index contributed by atoms with van der Waals surface area (Å²) < 4.78 is 24.3. The minimum absolute atomic E-state index is 0.0210. The van der Waals surface area contributed by atoms with E-state index in [4.69, 9.17) is 0 Å². The molecule has 1 amide bonds. The second-order valence-corrected chi connectivity index (χ2v) is 7.47. The van der Waals surface area contributed by atoms with E-state index in [-0.39, 0.29) is 18.1 Å². The number of aryl methyl sites for hydroxylation is 1. The van der Waals surface area contributed by atoms with Crippen molar-refractivity contribution in [2.45, 2.75) is 26.3 Å². The molecule has 6 heteroatoms. The van der Waals surface area contributed by atoms with Crippen LogP contribution < -0.4 is 5.32 Å². The van der Waals surface area contributed by atoms with E-state index < -0.39 is 9.84 Å². The van der Waals surface area contributed by atoms with Crippen molar-refractivity contribution >= 4 is 32.3 Å². The van der Waals surface area contributed by atoms with Crippen molar-refractivity contribution in [3.05, 3.63) is 30.5 Å². The van der Waals surface area contributed by atoms with Crippen molar-refractivity contribution in [3.8, 4) is 0 Å². The van der Waals surface area contributed by atoms with Gasteiger partial charge in [-0.05, 0) is 30.0 Å². The third-order valence-electron chi connectivity index (χ3n) is 3.22. The first kappa shape index (κ1) is 15.6. The van der Waals surface area contributed by atoms with Gasteiger partial charge in [-0.3, -0.25) is 4.79 Å². The molecule has 21 heavy (non-hydrogen) atoms. The largest absolute Gasteiger partial charge is 0.347 e. The van der Waals surface area contributed by atoms with Gasteiger partial charge in [-0.2, -0.15) is 0 Å². The van der Waals surface area contributed by atoms with Gasteiger partial charge < -0.3 is 9.88 Å². The molecule has 0 unspecified atom stereocenters. The molecule has 0 radical (unpaired) electrons. The lowest BCUT2D eigenvalue weighted by atomic mass is 10.2. The van der Waals surface area contributed by atoms with E-state index in [1.807, 2.05) is 30.5 Å². The molecule has 0 saturated carbocycles. The molecular formula is C15H20N2O3S. The van der Waals surface area contributed by atoms with Gasteiger partial charge in [0.15, 0.2) is 0 Å². The van der Waals surface area contributed by atoms with Gasteiger partial charge in [-0.1, -0.05) is 13.0 Å². The Kier molecular flexibility index (Phi) is 4.67. The smallest absolute Gasteiger partial charge is 0.225 e. The maximum absolute atomic E-state index is 11.8. The summed E-state index contributed by atoms with van der Waals surface area (Å²) >= 11 is 0. The number of carbonyl (C=O) groups is 1. The summed E-state index contributed by atoms with van der Waals surface area (Å²) in [6.45, 7) is 3.04. The fourth-order valence-electron chi connectivity index (χ4n) is 2.20. The van der Waals surface area contributed by atoms with Gasteiger partial charge in [0.25, 0.3) is 0 Å². The van der Waals surface area contributed by atoms with Gasteiger partial charge in [0.05, 0.1) is 11.3 Å². The third kappa shape index (κ3) is 4.32. The fraction of sp³-hybridized carbons (Fsp3) is 0.400. The molecule has 1 heterocycles. The summed E-state index contributed by atoms with van der Waals surface area (Å²) in [6, 6.07) is 7.74. The minimum Gasteiger partial charge on any atom is -0.347 e. The highest BCUT2D eigenvalue weighted by molar-refractivity contribution is 7.90. The van der Waals surface area contributed by atoms with Crippen LogP contribution in [-0.2, 0) is 21.2 Å². The highest BCUT2D eigenvalue weighted by atomic mass is 32.2. The number of hydrogen-bond donors (Lipinski definition) is 1. The second-order valence-electron chi connectivity index (χ2n) is 5.21. The number of aromatic nitrogens is 1. The van der Waals surface area contributed by atoms with Gasteiger partial charge in [-0.15, -0.1) is 0 Å². The normalized spacial score (nSPS) is 11.7. The van der Waals surface area contributed by atoms with E-state index in [1.54, 1.807) is 0 Å². The maximum atomic E-state index is 11.8. The lowest BCUT2D eigenvalue weighted by molar-refractivity contribution is -0.115. The molecule has 0 saturated heterocycles. The minimum atomic E-state index is -3.12. The number of sulfone groups is 1. The van der Waals surface area contributed by atoms with Crippen LogP contribution in [0.1, 0.15) is 19.8 Å². The van der Waals surface area contributed by atoms with Crippen LogP contribution in [0.2, 0.25) is 0 Å². The number of benzene rings is 1. The monoisotopic (exact) mass is 308 g/mol. The van der Waals surface area contributed by atoms with Crippen LogP contribution in [0.15, 0.2) is 30.5 Å². The van der Waals surface area contributed by atoms with Crippen molar-refractivity contribution in [2.24, 2.45) is 0 Å². The number of fused-ring (bicyclic) bond motifs is 1. The van der Waals surface area contributed by atoms with E-state index in [9.17, 15) is 13.2 Å². The SMILES string of the molecule is CCCn1ccc2ccc(NC(=O)CCS(C)(=O)=O)cc21. The molecule has 1 N–H and O–H groups in total. The average molecular weight is 308 g/mol. The van der Waals surface area contributed by atoms with Crippen molar-refractivity contribution in [1.29, 1.82) is 0 Å². The van der Waals surface area contributed by atoms with E-state index in [2.05, 4.69) is 16.8 Å². The van der Waals surface area contributed by atoms with E-state index in [0.717, 1.165) is 30.1 Å². The van der Waals surface area contributed by atoms with Gasteiger partial charge in [0.1, 0.15) is 9.84 Å². The van der Waals surface area contributed by atoms with Crippen LogP contribution in [-0.4, -0.2) is 30.9 Å². The van der Waals surface area contributed by atoms with E-state index in [0.29, 0.717) is 5.69 Å². The Labute approximate surface area is 124 Å². The standard InChI is InChI=1S/C15H20N2O3S/c1-3-8-17-9-6-12-4-5-13(11-14(12)17)16-15(18)7-10-21(2,19)20/h4-6,9,11H,3,7-8,10H2,1-2H3,(H,16,18). The Morgan fingerprint density at radius 1 is 1.29 bits per heavy atom. The number of hydrogen-bond acceptors (Lipinski definition) is 3. The molecule has 5 nitrogen and oxygen atoms in total.